The van der Waals surface area contributed by atoms with Crippen LogP contribution in [0.2, 0.25) is 0 Å². The number of anilines is 2. The molecule has 0 radical (unpaired) electrons. The quantitative estimate of drug-likeness (QED) is 0.837. The summed E-state index contributed by atoms with van der Waals surface area (Å²) in [7, 11) is 0. The minimum atomic E-state index is -0.244. The van der Waals surface area contributed by atoms with Gasteiger partial charge in [-0.05, 0) is 31.2 Å². The van der Waals surface area contributed by atoms with Gasteiger partial charge >= 0.3 is 0 Å². The average Bonchev–Trinajstić information content (AvgIpc) is 3.10. The maximum Gasteiger partial charge on any atom is 0.228 e. The number of aromatic nitrogens is 1. The Labute approximate surface area is 159 Å². The van der Waals surface area contributed by atoms with Gasteiger partial charge in [0, 0.05) is 62.9 Å². The monoisotopic (exact) mass is 364 g/mol. The van der Waals surface area contributed by atoms with Crippen LogP contribution in [0.15, 0.2) is 48.8 Å². The molecule has 0 bridgehead atoms. The van der Waals surface area contributed by atoms with E-state index in [-0.39, 0.29) is 17.7 Å². The third kappa shape index (κ3) is 3.65. The first-order valence-corrected chi connectivity index (χ1v) is 9.42. The fraction of sp³-hybridized carbons (Fsp3) is 0.381. The van der Waals surface area contributed by atoms with Crippen molar-refractivity contribution >= 4 is 23.2 Å². The lowest BCUT2D eigenvalue weighted by molar-refractivity contribution is -0.136. The van der Waals surface area contributed by atoms with Crippen LogP contribution in [-0.4, -0.2) is 54.4 Å². The Morgan fingerprint density at radius 1 is 0.963 bits per heavy atom. The summed E-state index contributed by atoms with van der Waals surface area (Å²) in [5.74, 6) is -0.105. The van der Waals surface area contributed by atoms with E-state index in [1.165, 1.54) is 0 Å². The molecule has 1 aromatic carbocycles. The Morgan fingerprint density at radius 3 is 2.30 bits per heavy atom. The Balaban J connectivity index is 1.36. The first-order chi connectivity index (χ1) is 13.1. The molecule has 0 unspecified atom stereocenters. The molecule has 0 aliphatic carbocycles. The number of carbonyl (C=O) groups excluding carboxylic acids is 2. The van der Waals surface area contributed by atoms with Crippen LogP contribution in [0.3, 0.4) is 0 Å². The molecule has 0 saturated carbocycles. The summed E-state index contributed by atoms with van der Waals surface area (Å²) in [5, 5.41) is 0. The second-order valence-corrected chi connectivity index (χ2v) is 7.26. The molecule has 3 heterocycles. The number of nitrogens with zero attached hydrogens (tertiary/aromatic N) is 4. The van der Waals surface area contributed by atoms with Gasteiger partial charge in [0.1, 0.15) is 0 Å². The van der Waals surface area contributed by atoms with Crippen LogP contribution in [0.5, 0.6) is 0 Å². The SMILES string of the molecule is Cc1ccc(N2C[C@@H](C(=O)N3CCN(c4ccncc4)CC3)CC2=O)cc1. The van der Waals surface area contributed by atoms with Crippen molar-refractivity contribution in [3.63, 3.8) is 0 Å². The first-order valence-electron chi connectivity index (χ1n) is 9.42. The van der Waals surface area contributed by atoms with Crippen LogP contribution < -0.4 is 9.80 Å². The number of rotatable bonds is 3. The lowest BCUT2D eigenvalue weighted by Gasteiger charge is -2.37. The predicted molar refractivity (Wildman–Crippen MR) is 105 cm³/mol. The highest BCUT2D eigenvalue weighted by atomic mass is 16.2. The molecule has 0 N–H and O–H groups in total. The zero-order valence-corrected chi connectivity index (χ0v) is 15.5. The fourth-order valence-electron chi connectivity index (χ4n) is 3.85. The summed E-state index contributed by atoms with van der Waals surface area (Å²) >= 11 is 0. The highest BCUT2D eigenvalue weighted by Crippen LogP contribution is 2.27. The standard InChI is InChI=1S/C21H24N4O2/c1-16-2-4-19(5-3-16)25-15-17(14-20(25)26)21(27)24-12-10-23(11-13-24)18-6-8-22-9-7-18/h2-9,17H,10-15H2,1H3/t17-/m0/s1. The summed E-state index contributed by atoms with van der Waals surface area (Å²) in [6.07, 6.45) is 3.88. The minimum absolute atomic E-state index is 0.0348. The van der Waals surface area contributed by atoms with Crippen molar-refractivity contribution < 1.29 is 9.59 Å². The van der Waals surface area contributed by atoms with Crippen molar-refractivity contribution in [1.29, 1.82) is 0 Å². The largest absolute Gasteiger partial charge is 0.368 e. The van der Waals surface area contributed by atoms with E-state index in [1.54, 1.807) is 17.3 Å². The molecule has 1 atom stereocenters. The van der Waals surface area contributed by atoms with Crippen LogP contribution in [0.1, 0.15) is 12.0 Å². The summed E-state index contributed by atoms with van der Waals surface area (Å²) in [4.78, 5) is 35.3. The zero-order chi connectivity index (χ0) is 18.8. The van der Waals surface area contributed by atoms with Crippen molar-refractivity contribution in [2.24, 2.45) is 5.92 Å². The van der Waals surface area contributed by atoms with Crippen LogP contribution in [0.4, 0.5) is 11.4 Å². The van der Waals surface area contributed by atoms with E-state index in [2.05, 4.69) is 9.88 Å². The summed E-state index contributed by atoms with van der Waals surface area (Å²) in [6.45, 7) is 5.49. The number of benzene rings is 1. The highest BCUT2D eigenvalue weighted by molar-refractivity contribution is 6.00. The van der Waals surface area contributed by atoms with Gasteiger partial charge in [-0.2, -0.15) is 0 Å². The molecule has 2 aliphatic heterocycles. The van der Waals surface area contributed by atoms with Crippen molar-refractivity contribution in [3.05, 3.63) is 54.4 Å². The summed E-state index contributed by atoms with van der Waals surface area (Å²) in [5.41, 5.74) is 3.17. The number of hydrogen-bond donors (Lipinski definition) is 0. The Kier molecular flexibility index (Phi) is 4.79. The molecule has 1 aromatic heterocycles. The molecular weight excluding hydrogens is 340 g/mol. The molecule has 4 rings (SSSR count). The van der Waals surface area contributed by atoms with Gasteiger partial charge in [-0.1, -0.05) is 17.7 Å². The Bertz CT molecular complexity index is 814. The number of hydrogen-bond acceptors (Lipinski definition) is 4. The molecule has 2 amide bonds. The topological polar surface area (TPSA) is 56.8 Å². The van der Waals surface area contributed by atoms with Gasteiger partial charge in [0.15, 0.2) is 0 Å². The van der Waals surface area contributed by atoms with E-state index in [0.717, 1.165) is 30.0 Å². The second kappa shape index (κ2) is 7.39. The van der Waals surface area contributed by atoms with Gasteiger partial charge in [-0.25, -0.2) is 0 Å². The predicted octanol–water partition coefficient (Wildman–Crippen LogP) is 2.09. The Hall–Kier alpha value is -2.89. The van der Waals surface area contributed by atoms with Crippen LogP contribution in [0.25, 0.3) is 0 Å². The lowest BCUT2D eigenvalue weighted by atomic mass is 10.1. The van der Waals surface area contributed by atoms with Gasteiger partial charge < -0.3 is 14.7 Å². The first kappa shape index (κ1) is 17.5. The van der Waals surface area contributed by atoms with E-state index in [9.17, 15) is 9.59 Å². The molecule has 2 saturated heterocycles. The van der Waals surface area contributed by atoms with Gasteiger partial charge in [0.25, 0.3) is 0 Å². The third-order valence-electron chi connectivity index (χ3n) is 5.44. The molecule has 27 heavy (non-hydrogen) atoms. The molecule has 2 fully saturated rings. The number of carbonyl (C=O) groups is 2. The van der Waals surface area contributed by atoms with Crippen molar-refractivity contribution in [3.8, 4) is 0 Å². The van der Waals surface area contributed by atoms with E-state index < -0.39 is 0 Å². The van der Waals surface area contributed by atoms with E-state index in [0.29, 0.717) is 26.1 Å². The minimum Gasteiger partial charge on any atom is -0.368 e. The van der Waals surface area contributed by atoms with E-state index in [1.807, 2.05) is 48.2 Å². The molecule has 6 heteroatoms. The fourth-order valence-corrected chi connectivity index (χ4v) is 3.85. The van der Waals surface area contributed by atoms with Crippen LogP contribution >= 0.6 is 0 Å². The Morgan fingerprint density at radius 2 is 1.63 bits per heavy atom. The molecular formula is C21H24N4O2. The summed E-state index contributed by atoms with van der Waals surface area (Å²) in [6, 6.07) is 11.9. The lowest BCUT2D eigenvalue weighted by Crippen LogP contribution is -2.50. The molecule has 0 spiro atoms. The van der Waals surface area contributed by atoms with Gasteiger partial charge in [-0.15, -0.1) is 0 Å². The van der Waals surface area contributed by atoms with Crippen molar-refractivity contribution in [1.82, 2.24) is 9.88 Å². The molecule has 2 aromatic rings. The second-order valence-electron chi connectivity index (χ2n) is 7.26. The molecule has 6 nitrogen and oxygen atoms in total. The van der Waals surface area contributed by atoms with Crippen molar-refractivity contribution in [2.45, 2.75) is 13.3 Å². The van der Waals surface area contributed by atoms with Gasteiger partial charge in [0.05, 0.1) is 5.92 Å². The smallest absolute Gasteiger partial charge is 0.228 e. The zero-order valence-electron chi connectivity index (χ0n) is 15.5. The van der Waals surface area contributed by atoms with Crippen LogP contribution in [-0.2, 0) is 9.59 Å². The number of piperazine rings is 1. The normalized spacial score (nSPS) is 20.3. The van der Waals surface area contributed by atoms with E-state index >= 15 is 0 Å². The maximum atomic E-state index is 12.9. The van der Waals surface area contributed by atoms with Gasteiger partial charge in [0.2, 0.25) is 11.8 Å². The van der Waals surface area contributed by atoms with Crippen LogP contribution in [0, 0.1) is 12.8 Å². The molecule has 140 valence electrons. The molecule has 2 aliphatic rings. The number of amides is 2. The number of pyridine rings is 1. The highest BCUT2D eigenvalue weighted by Gasteiger charge is 2.37. The maximum absolute atomic E-state index is 12.9. The third-order valence-corrected chi connectivity index (χ3v) is 5.44. The summed E-state index contributed by atoms with van der Waals surface area (Å²) < 4.78 is 0. The average molecular weight is 364 g/mol. The number of aryl methyl sites for hydroxylation is 1. The van der Waals surface area contributed by atoms with Gasteiger partial charge in [-0.3, -0.25) is 14.6 Å². The van der Waals surface area contributed by atoms with E-state index in [4.69, 9.17) is 0 Å². The van der Waals surface area contributed by atoms with Crippen molar-refractivity contribution in [2.75, 3.05) is 42.5 Å².